The molecule has 108 valence electrons. The highest BCUT2D eigenvalue weighted by atomic mass is 32.1. The predicted octanol–water partition coefficient (Wildman–Crippen LogP) is 3.30. The van der Waals surface area contributed by atoms with E-state index in [0.717, 1.165) is 16.2 Å². The summed E-state index contributed by atoms with van der Waals surface area (Å²) in [6.45, 7) is 0. The number of rotatable bonds is 3. The van der Waals surface area contributed by atoms with Gasteiger partial charge in [0.2, 0.25) is 5.76 Å². The summed E-state index contributed by atoms with van der Waals surface area (Å²) in [6, 6.07) is 9.04. The second-order valence-corrected chi connectivity index (χ2v) is 5.50. The van der Waals surface area contributed by atoms with E-state index < -0.39 is 0 Å². The van der Waals surface area contributed by atoms with Crippen LogP contribution >= 0.6 is 11.3 Å². The van der Waals surface area contributed by atoms with Crippen LogP contribution < -0.4 is 5.32 Å². The summed E-state index contributed by atoms with van der Waals surface area (Å²) in [7, 11) is 0. The Kier molecular flexibility index (Phi) is 2.97. The van der Waals surface area contributed by atoms with E-state index in [9.17, 15) is 4.79 Å². The predicted molar refractivity (Wildman–Crippen MR) is 83.0 cm³/mol. The lowest BCUT2D eigenvalue weighted by atomic mass is 10.1. The van der Waals surface area contributed by atoms with Gasteiger partial charge in [-0.05, 0) is 12.1 Å². The Labute approximate surface area is 129 Å². The van der Waals surface area contributed by atoms with E-state index in [1.807, 2.05) is 46.4 Å². The van der Waals surface area contributed by atoms with Crippen LogP contribution in [0.5, 0.6) is 0 Å². The smallest absolute Gasteiger partial charge is 0.294 e. The molecule has 3 heterocycles. The van der Waals surface area contributed by atoms with E-state index in [1.165, 1.54) is 12.3 Å². The second-order valence-electron chi connectivity index (χ2n) is 4.63. The fourth-order valence-electron chi connectivity index (χ4n) is 2.15. The van der Waals surface area contributed by atoms with Gasteiger partial charge in [-0.2, -0.15) is 0 Å². The first-order chi connectivity index (χ1) is 10.8. The molecule has 0 aliphatic carbocycles. The molecule has 0 saturated heterocycles. The Hall–Kier alpha value is -2.93. The molecule has 0 fully saturated rings. The fraction of sp³-hybridized carbons (Fsp3) is 0. The molecule has 4 rings (SSSR count). The summed E-state index contributed by atoms with van der Waals surface area (Å²) >= 11 is 1.58. The van der Waals surface area contributed by atoms with E-state index in [0.29, 0.717) is 5.69 Å². The average molecular weight is 310 g/mol. The van der Waals surface area contributed by atoms with Crippen molar-refractivity contribution in [2.45, 2.75) is 0 Å². The molecule has 7 heteroatoms. The number of aromatic nitrogens is 3. The van der Waals surface area contributed by atoms with Crippen LogP contribution in [0.25, 0.3) is 16.2 Å². The third kappa shape index (κ3) is 2.27. The number of benzene rings is 1. The lowest BCUT2D eigenvalue weighted by Gasteiger charge is -2.04. The van der Waals surface area contributed by atoms with Gasteiger partial charge in [0, 0.05) is 35.1 Å². The van der Waals surface area contributed by atoms with Gasteiger partial charge in [0.05, 0.1) is 11.9 Å². The van der Waals surface area contributed by atoms with Crippen molar-refractivity contribution in [1.82, 2.24) is 14.5 Å². The summed E-state index contributed by atoms with van der Waals surface area (Å²) in [6.07, 6.45) is 5.36. The number of amides is 1. The molecule has 1 N–H and O–H groups in total. The van der Waals surface area contributed by atoms with Crippen LogP contribution in [0.3, 0.4) is 0 Å². The molecule has 0 saturated carbocycles. The van der Waals surface area contributed by atoms with Gasteiger partial charge in [-0.15, -0.1) is 11.3 Å². The lowest BCUT2D eigenvalue weighted by Crippen LogP contribution is -2.10. The molecule has 0 bridgehead atoms. The van der Waals surface area contributed by atoms with Crippen LogP contribution in [0.4, 0.5) is 5.69 Å². The average Bonchev–Trinajstić information content (AvgIpc) is 3.24. The molecule has 22 heavy (non-hydrogen) atoms. The van der Waals surface area contributed by atoms with Gasteiger partial charge >= 0.3 is 0 Å². The summed E-state index contributed by atoms with van der Waals surface area (Å²) in [5.74, 6) is -0.159. The van der Waals surface area contributed by atoms with E-state index >= 15 is 0 Å². The third-order valence-electron chi connectivity index (χ3n) is 3.17. The quantitative estimate of drug-likeness (QED) is 0.630. The van der Waals surface area contributed by atoms with Gasteiger partial charge < -0.3 is 9.84 Å². The molecular formula is C15H10N4O2S. The van der Waals surface area contributed by atoms with Crippen molar-refractivity contribution in [3.63, 3.8) is 0 Å². The SMILES string of the molecule is O=C(Nc1cccc(-c2cn3ccsc3n2)c1)c1ccno1. The number of anilines is 1. The van der Waals surface area contributed by atoms with Crippen molar-refractivity contribution in [3.8, 4) is 11.3 Å². The van der Waals surface area contributed by atoms with Crippen molar-refractivity contribution in [2.24, 2.45) is 0 Å². The molecule has 0 spiro atoms. The highest BCUT2D eigenvalue weighted by Crippen LogP contribution is 2.24. The van der Waals surface area contributed by atoms with Gasteiger partial charge in [0.15, 0.2) is 4.96 Å². The number of hydrogen-bond donors (Lipinski definition) is 1. The van der Waals surface area contributed by atoms with Crippen molar-refractivity contribution in [2.75, 3.05) is 5.32 Å². The number of carbonyl (C=O) groups excluding carboxylic acids is 1. The first kappa shape index (κ1) is 12.8. The summed E-state index contributed by atoms with van der Waals surface area (Å²) in [5.41, 5.74) is 2.48. The van der Waals surface area contributed by atoms with Crippen molar-refractivity contribution < 1.29 is 9.32 Å². The fourth-order valence-corrected chi connectivity index (χ4v) is 2.85. The first-order valence-corrected chi connectivity index (χ1v) is 7.42. The van der Waals surface area contributed by atoms with Gasteiger partial charge in [0.25, 0.3) is 5.91 Å². The minimum absolute atomic E-state index is 0.174. The number of hydrogen-bond acceptors (Lipinski definition) is 5. The number of thiazole rings is 1. The maximum absolute atomic E-state index is 12.0. The van der Waals surface area contributed by atoms with E-state index in [4.69, 9.17) is 4.52 Å². The number of carbonyl (C=O) groups is 1. The lowest BCUT2D eigenvalue weighted by molar-refractivity contribution is 0.0988. The van der Waals surface area contributed by atoms with Crippen molar-refractivity contribution in [3.05, 3.63) is 60.1 Å². The minimum atomic E-state index is -0.333. The zero-order valence-electron chi connectivity index (χ0n) is 11.3. The Bertz CT molecular complexity index is 911. The van der Waals surface area contributed by atoms with Gasteiger partial charge in [-0.25, -0.2) is 4.98 Å². The summed E-state index contributed by atoms with van der Waals surface area (Å²) < 4.78 is 6.81. The van der Waals surface area contributed by atoms with Gasteiger partial charge in [-0.3, -0.25) is 9.20 Å². The number of imidazole rings is 1. The second kappa shape index (κ2) is 5.12. The molecule has 0 aliphatic rings. The maximum atomic E-state index is 12.0. The first-order valence-electron chi connectivity index (χ1n) is 6.54. The zero-order valence-corrected chi connectivity index (χ0v) is 12.1. The molecule has 0 atom stereocenters. The summed E-state index contributed by atoms with van der Waals surface area (Å²) in [4.78, 5) is 17.4. The van der Waals surface area contributed by atoms with E-state index in [2.05, 4.69) is 15.5 Å². The van der Waals surface area contributed by atoms with E-state index in [-0.39, 0.29) is 11.7 Å². The number of nitrogens with zero attached hydrogens (tertiary/aromatic N) is 3. The standard InChI is InChI=1S/C15H10N4O2S/c20-14(13-4-5-16-21-13)17-11-3-1-2-10(8-11)12-9-19-6-7-22-15(19)18-12/h1-9H,(H,17,20). The third-order valence-corrected chi connectivity index (χ3v) is 3.94. The highest BCUT2D eigenvalue weighted by molar-refractivity contribution is 7.15. The van der Waals surface area contributed by atoms with Gasteiger partial charge in [0.1, 0.15) is 0 Å². The highest BCUT2D eigenvalue weighted by Gasteiger charge is 2.11. The van der Waals surface area contributed by atoms with Gasteiger partial charge in [-0.1, -0.05) is 17.3 Å². The topological polar surface area (TPSA) is 72.4 Å². The molecule has 0 unspecified atom stereocenters. The molecule has 1 amide bonds. The van der Waals surface area contributed by atoms with Crippen LogP contribution in [0.15, 0.2) is 58.8 Å². The minimum Gasteiger partial charge on any atom is -0.351 e. The summed E-state index contributed by atoms with van der Waals surface area (Å²) in [5, 5.41) is 8.28. The van der Waals surface area contributed by atoms with Crippen molar-refractivity contribution in [1.29, 1.82) is 0 Å². The van der Waals surface area contributed by atoms with Crippen LogP contribution in [0.2, 0.25) is 0 Å². The van der Waals surface area contributed by atoms with Crippen LogP contribution in [-0.2, 0) is 0 Å². The normalized spacial score (nSPS) is 10.9. The molecule has 0 radical (unpaired) electrons. The maximum Gasteiger partial charge on any atom is 0.294 e. The number of nitrogens with one attached hydrogen (secondary N) is 1. The van der Waals surface area contributed by atoms with E-state index in [1.54, 1.807) is 11.3 Å². The Morgan fingerprint density at radius 1 is 1.32 bits per heavy atom. The Morgan fingerprint density at radius 2 is 2.27 bits per heavy atom. The molecule has 6 nitrogen and oxygen atoms in total. The van der Waals surface area contributed by atoms with Crippen LogP contribution in [0, 0.1) is 0 Å². The Morgan fingerprint density at radius 3 is 3.09 bits per heavy atom. The molecule has 3 aromatic heterocycles. The molecule has 4 aromatic rings. The largest absolute Gasteiger partial charge is 0.351 e. The molecule has 0 aliphatic heterocycles. The molecule has 1 aromatic carbocycles. The van der Waals surface area contributed by atoms with Crippen molar-refractivity contribution >= 4 is 27.9 Å². The Balaban J connectivity index is 1.63. The zero-order chi connectivity index (χ0) is 14.9. The number of fused-ring (bicyclic) bond motifs is 1. The monoisotopic (exact) mass is 310 g/mol. The van der Waals surface area contributed by atoms with Crippen LogP contribution in [0.1, 0.15) is 10.6 Å². The van der Waals surface area contributed by atoms with Crippen LogP contribution in [-0.4, -0.2) is 20.4 Å². The molecular weight excluding hydrogens is 300 g/mol.